The van der Waals surface area contributed by atoms with Crippen LogP contribution in [0.1, 0.15) is 38.1 Å². The summed E-state index contributed by atoms with van der Waals surface area (Å²) in [5.74, 6) is 0. The first-order valence-electron chi connectivity index (χ1n) is 7.48. The van der Waals surface area contributed by atoms with Crippen LogP contribution in [0.2, 0.25) is 0 Å². The van der Waals surface area contributed by atoms with Crippen LogP contribution < -0.4 is 11.1 Å². The Morgan fingerprint density at radius 1 is 1.36 bits per heavy atom. The number of amides is 1. The van der Waals surface area contributed by atoms with Crippen molar-refractivity contribution >= 4 is 17.0 Å². The van der Waals surface area contributed by atoms with Gasteiger partial charge in [0.05, 0.1) is 6.04 Å². The zero-order chi connectivity index (χ0) is 16.5. The molecular formula is C17H25N3O2. The van der Waals surface area contributed by atoms with Crippen LogP contribution in [0.4, 0.5) is 4.79 Å². The van der Waals surface area contributed by atoms with Crippen LogP contribution in [0.25, 0.3) is 10.9 Å². The van der Waals surface area contributed by atoms with Crippen molar-refractivity contribution in [1.82, 2.24) is 9.88 Å². The predicted octanol–water partition coefficient (Wildman–Crippen LogP) is 3.01. The monoisotopic (exact) mass is 303 g/mol. The molecule has 1 unspecified atom stereocenters. The SMILES string of the molecule is Cc1c(C(CN)NC(=O)OC(C)(C)C)c2ccccc2n1C. The van der Waals surface area contributed by atoms with Gasteiger partial charge in [-0.1, -0.05) is 18.2 Å². The molecule has 1 aromatic carbocycles. The summed E-state index contributed by atoms with van der Waals surface area (Å²) in [5, 5.41) is 3.99. The van der Waals surface area contributed by atoms with E-state index in [0.29, 0.717) is 6.54 Å². The third-order valence-corrected chi connectivity index (χ3v) is 3.72. The molecule has 3 N–H and O–H groups in total. The van der Waals surface area contributed by atoms with E-state index in [1.165, 1.54) is 0 Å². The van der Waals surface area contributed by atoms with E-state index < -0.39 is 11.7 Å². The van der Waals surface area contributed by atoms with Gasteiger partial charge in [-0.15, -0.1) is 0 Å². The van der Waals surface area contributed by atoms with Crippen LogP contribution in [0, 0.1) is 6.92 Å². The van der Waals surface area contributed by atoms with Gasteiger partial charge in [0.15, 0.2) is 0 Å². The zero-order valence-electron chi connectivity index (χ0n) is 13.9. The normalized spacial score (nSPS) is 13.2. The largest absolute Gasteiger partial charge is 0.444 e. The summed E-state index contributed by atoms with van der Waals surface area (Å²) < 4.78 is 7.45. The Balaban J connectivity index is 2.36. The summed E-state index contributed by atoms with van der Waals surface area (Å²) in [5.41, 5.74) is 8.64. The highest BCUT2D eigenvalue weighted by atomic mass is 16.6. The van der Waals surface area contributed by atoms with Crippen LogP contribution in [0.15, 0.2) is 24.3 Å². The molecule has 5 nitrogen and oxygen atoms in total. The average molecular weight is 303 g/mol. The van der Waals surface area contributed by atoms with E-state index in [1.54, 1.807) is 0 Å². The molecule has 1 amide bonds. The van der Waals surface area contributed by atoms with Gasteiger partial charge in [0.25, 0.3) is 0 Å². The van der Waals surface area contributed by atoms with E-state index in [9.17, 15) is 4.79 Å². The van der Waals surface area contributed by atoms with Crippen LogP contribution in [-0.4, -0.2) is 22.8 Å². The van der Waals surface area contributed by atoms with Crippen molar-refractivity contribution in [3.63, 3.8) is 0 Å². The Morgan fingerprint density at radius 3 is 2.59 bits per heavy atom. The van der Waals surface area contributed by atoms with Crippen molar-refractivity contribution in [1.29, 1.82) is 0 Å². The number of nitrogens with two attached hydrogens (primary N) is 1. The summed E-state index contributed by atoms with van der Waals surface area (Å²) in [6.45, 7) is 7.87. The molecule has 2 aromatic rings. The van der Waals surface area contributed by atoms with E-state index in [2.05, 4.69) is 22.0 Å². The quantitative estimate of drug-likeness (QED) is 0.915. The molecular weight excluding hydrogens is 278 g/mol. The van der Waals surface area contributed by atoms with Crippen LogP contribution >= 0.6 is 0 Å². The molecule has 120 valence electrons. The van der Waals surface area contributed by atoms with Gasteiger partial charge < -0.3 is 20.4 Å². The number of aryl methyl sites for hydroxylation is 1. The first kappa shape index (κ1) is 16.4. The second-order valence-corrected chi connectivity index (χ2v) is 6.51. The van der Waals surface area contributed by atoms with Gasteiger partial charge in [-0.25, -0.2) is 4.79 Å². The number of ether oxygens (including phenoxy) is 1. The second kappa shape index (κ2) is 6.01. The van der Waals surface area contributed by atoms with Crippen molar-refractivity contribution in [3.05, 3.63) is 35.5 Å². The third kappa shape index (κ3) is 3.25. The number of alkyl carbamates (subject to hydrolysis) is 1. The molecule has 2 rings (SSSR count). The van der Waals surface area contributed by atoms with Gasteiger partial charge in [-0.05, 0) is 33.8 Å². The number of nitrogens with one attached hydrogen (secondary N) is 1. The zero-order valence-corrected chi connectivity index (χ0v) is 13.9. The lowest BCUT2D eigenvalue weighted by Crippen LogP contribution is -2.38. The van der Waals surface area contributed by atoms with Gasteiger partial charge in [-0.3, -0.25) is 0 Å². The molecule has 22 heavy (non-hydrogen) atoms. The summed E-state index contributed by atoms with van der Waals surface area (Å²) >= 11 is 0. The number of carbonyl (C=O) groups excluding carboxylic acids is 1. The van der Waals surface area contributed by atoms with Gasteiger partial charge in [0.2, 0.25) is 0 Å². The summed E-state index contributed by atoms with van der Waals surface area (Å²) in [6, 6.07) is 7.83. The highest BCUT2D eigenvalue weighted by Gasteiger charge is 2.24. The Morgan fingerprint density at radius 2 is 2.00 bits per heavy atom. The average Bonchev–Trinajstić information content (AvgIpc) is 2.67. The number of fused-ring (bicyclic) bond motifs is 1. The number of carbonyl (C=O) groups is 1. The van der Waals surface area contributed by atoms with Crippen molar-refractivity contribution in [2.24, 2.45) is 12.8 Å². The molecule has 1 heterocycles. The first-order chi connectivity index (χ1) is 10.2. The standard InChI is InChI=1S/C17H25N3O2/c1-11-15(12-8-6-7-9-14(12)20(11)5)13(10-18)19-16(21)22-17(2,3)4/h6-9,13H,10,18H2,1-5H3,(H,19,21). The number of rotatable bonds is 3. The predicted molar refractivity (Wildman–Crippen MR) is 88.8 cm³/mol. The molecule has 1 atom stereocenters. The van der Waals surface area contributed by atoms with Crippen molar-refractivity contribution in [3.8, 4) is 0 Å². The maximum absolute atomic E-state index is 12.1. The molecule has 0 bridgehead atoms. The van der Waals surface area contributed by atoms with Crippen molar-refractivity contribution in [2.75, 3.05) is 6.54 Å². The molecule has 5 heteroatoms. The molecule has 1 aromatic heterocycles. The highest BCUT2D eigenvalue weighted by Crippen LogP contribution is 2.29. The van der Waals surface area contributed by atoms with Gasteiger partial charge in [0.1, 0.15) is 5.60 Å². The van der Waals surface area contributed by atoms with Gasteiger partial charge in [-0.2, -0.15) is 0 Å². The number of hydrogen-bond acceptors (Lipinski definition) is 3. The topological polar surface area (TPSA) is 69.3 Å². The number of benzene rings is 1. The van der Waals surface area contributed by atoms with E-state index in [1.807, 2.05) is 46.9 Å². The fraction of sp³-hybridized carbons (Fsp3) is 0.471. The Hall–Kier alpha value is -2.01. The van der Waals surface area contributed by atoms with Crippen molar-refractivity contribution in [2.45, 2.75) is 39.3 Å². The molecule has 0 spiro atoms. The molecule has 0 saturated carbocycles. The maximum atomic E-state index is 12.1. The molecule has 0 radical (unpaired) electrons. The molecule has 0 aliphatic carbocycles. The summed E-state index contributed by atoms with van der Waals surface area (Å²) in [7, 11) is 2.02. The first-order valence-corrected chi connectivity index (χ1v) is 7.48. The minimum atomic E-state index is -0.531. The Kier molecular flexibility index (Phi) is 4.47. The van der Waals surface area contributed by atoms with E-state index in [4.69, 9.17) is 10.5 Å². The molecule has 0 aliphatic heterocycles. The third-order valence-electron chi connectivity index (χ3n) is 3.72. The number of para-hydroxylation sites is 1. The smallest absolute Gasteiger partial charge is 0.408 e. The van der Waals surface area contributed by atoms with Gasteiger partial charge >= 0.3 is 6.09 Å². The number of aromatic nitrogens is 1. The van der Waals surface area contributed by atoms with Gasteiger partial charge in [0, 0.05) is 35.8 Å². The summed E-state index contributed by atoms with van der Waals surface area (Å²) in [6.07, 6.45) is -0.449. The molecule has 0 aliphatic rings. The second-order valence-electron chi connectivity index (χ2n) is 6.51. The summed E-state index contributed by atoms with van der Waals surface area (Å²) in [4.78, 5) is 12.1. The highest BCUT2D eigenvalue weighted by molar-refractivity contribution is 5.86. The molecule has 0 fully saturated rings. The van der Waals surface area contributed by atoms with E-state index >= 15 is 0 Å². The van der Waals surface area contributed by atoms with E-state index in [-0.39, 0.29) is 6.04 Å². The van der Waals surface area contributed by atoms with E-state index in [0.717, 1.165) is 22.2 Å². The lowest BCUT2D eigenvalue weighted by Gasteiger charge is -2.23. The van der Waals surface area contributed by atoms with Crippen LogP contribution in [-0.2, 0) is 11.8 Å². The minimum Gasteiger partial charge on any atom is -0.444 e. The maximum Gasteiger partial charge on any atom is 0.408 e. The fourth-order valence-electron chi connectivity index (χ4n) is 2.69. The Labute approximate surface area is 131 Å². The van der Waals surface area contributed by atoms with Crippen LogP contribution in [0.5, 0.6) is 0 Å². The van der Waals surface area contributed by atoms with Crippen LogP contribution in [0.3, 0.4) is 0 Å². The number of nitrogens with zero attached hydrogens (tertiary/aromatic N) is 1. The Bertz CT molecular complexity index is 683. The lowest BCUT2D eigenvalue weighted by molar-refractivity contribution is 0.0505. The fourth-order valence-corrected chi connectivity index (χ4v) is 2.69. The lowest BCUT2D eigenvalue weighted by atomic mass is 10.0. The van der Waals surface area contributed by atoms with Crippen molar-refractivity contribution < 1.29 is 9.53 Å². The minimum absolute atomic E-state index is 0.277. The number of hydrogen-bond donors (Lipinski definition) is 2. The molecule has 0 saturated heterocycles.